The highest BCUT2D eigenvalue weighted by Gasteiger charge is 2.42. The Bertz CT molecular complexity index is 1700. The number of nitrogens with one attached hydrogen (secondary N) is 1. The van der Waals surface area contributed by atoms with Crippen molar-refractivity contribution in [2.24, 2.45) is 11.1 Å². The number of aliphatic hydroxyl groups is 2. The lowest BCUT2D eigenvalue weighted by Crippen LogP contribution is -2.36. The molecule has 0 radical (unpaired) electrons. The summed E-state index contributed by atoms with van der Waals surface area (Å²) in [6, 6.07) is 16.7. The van der Waals surface area contributed by atoms with Gasteiger partial charge in [-0.15, -0.1) is 0 Å². The second-order valence-corrected chi connectivity index (χ2v) is 10.1. The number of nitrogens with zero attached hydrogens (tertiary/aromatic N) is 3. The molecule has 11 nitrogen and oxygen atoms in total. The van der Waals surface area contributed by atoms with Crippen molar-refractivity contribution in [3.63, 3.8) is 0 Å². The summed E-state index contributed by atoms with van der Waals surface area (Å²) in [6.45, 7) is -0.325. The monoisotopic (exact) mass is 509 g/mol. The number of hydrogen-bond donors (Lipinski definition) is 4. The first kappa shape index (κ1) is 22.9. The average Bonchev–Trinajstić information content (AvgIpc) is 3.53. The summed E-state index contributed by atoms with van der Waals surface area (Å²) in [4.78, 5) is 4.41. The van der Waals surface area contributed by atoms with Gasteiger partial charge in [-0.05, 0) is 24.6 Å². The van der Waals surface area contributed by atoms with Gasteiger partial charge in [0.15, 0.2) is 5.65 Å². The molecule has 0 spiro atoms. The van der Waals surface area contributed by atoms with E-state index in [0.717, 1.165) is 27.5 Å². The van der Waals surface area contributed by atoms with Crippen LogP contribution in [-0.2, 0) is 14.5 Å². The van der Waals surface area contributed by atoms with Gasteiger partial charge in [-0.1, -0.05) is 30.3 Å². The number of nitrogens with two attached hydrogens (primary N) is 1. The van der Waals surface area contributed by atoms with Crippen LogP contribution in [0.5, 0.6) is 0 Å². The van der Waals surface area contributed by atoms with E-state index in [0.29, 0.717) is 17.2 Å². The van der Waals surface area contributed by atoms with Gasteiger partial charge in [0.25, 0.3) is 0 Å². The smallest absolute Gasteiger partial charge is 0.333 e. The Hall–Kier alpha value is -3.55. The van der Waals surface area contributed by atoms with E-state index in [2.05, 4.69) is 14.5 Å². The molecule has 0 aliphatic heterocycles. The molecular formula is C24H23N5O6S. The fourth-order valence-corrected chi connectivity index (χ4v) is 5.25. The van der Waals surface area contributed by atoms with Gasteiger partial charge in [-0.3, -0.25) is 4.18 Å². The Morgan fingerprint density at radius 3 is 2.75 bits per heavy atom. The lowest BCUT2D eigenvalue weighted by molar-refractivity contribution is 0.00777. The molecular weight excluding hydrogens is 486 g/mol. The largest absolute Gasteiger partial charge is 0.455 e. The van der Waals surface area contributed by atoms with E-state index in [1.807, 2.05) is 48.5 Å². The van der Waals surface area contributed by atoms with Crippen LogP contribution in [-0.4, -0.2) is 58.1 Å². The molecule has 5 aromatic rings. The predicted octanol–water partition coefficient (Wildman–Crippen LogP) is 2.04. The molecule has 3 heterocycles. The summed E-state index contributed by atoms with van der Waals surface area (Å²) in [7, 11) is -4.15. The van der Waals surface area contributed by atoms with Crippen molar-refractivity contribution >= 4 is 43.7 Å². The Kier molecular flexibility index (Phi) is 5.43. The van der Waals surface area contributed by atoms with Crippen LogP contribution in [0.2, 0.25) is 0 Å². The van der Waals surface area contributed by atoms with Crippen LogP contribution in [0.4, 0.5) is 5.82 Å². The van der Waals surface area contributed by atoms with Gasteiger partial charge in [0, 0.05) is 34.5 Å². The second-order valence-electron chi connectivity index (χ2n) is 8.92. The number of furan rings is 1. The quantitative estimate of drug-likeness (QED) is 0.268. The number of aliphatic hydroxyl groups excluding tert-OH is 2. The van der Waals surface area contributed by atoms with Crippen LogP contribution in [0.3, 0.4) is 0 Å². The molecule has 186 valence electrons. The molecule has 12 heteroatoms. The zero-order valence-corrected chi connectivity index (χ0v) is 19.7. The lowest BCUT2D eigenvalue weighted by Gasteiger charge is -2.19. The summed E-state index contributed by atoms with van der Waals surface area (Å²) in [5, 5.41) is 35.8. The van der Waals surface area contributed by atoms with E-state index in [9.17, 15) is 18.6 Å². The van der Waals surface area contributed by atoms with E-state index in [4.69, 9.17) is 14.7 Å². The maximum atomic E-state index is 11.1. The number of aromatic nitrogens is 3. The van der Waals surface area contributed by atoms with E-state index in [1.165, 1.54) is 0 Å². The van der Waals surface area contributed by atoms with Gasteiger partial charge < -0.3 is 19.9 Å². The normalized spacial score (nSPS) is 22.6. The molecule has 1 fully saturated rings. The summed E-state index contributed by atoms with van der Waals surface area (Å²) >= 11 is 0. The van der Waals surface area contributed by atoms with Crippen LogP contribution in [0.25, 0.3) is 38.8 Å². The molecule has 1 aliphatic rings. The van der Waals surface area contributed by atoms with Crippen molar-refractivity contribution < 1.29 is 27.2 Å². The van der Waals surface area contributed by atoms with Gasteiger partial charge in [0.1, 0.15) is 23.1 Å². The highest BCUT2D eigenvalue weighted by Crippen LogP contribution is 2.36. The van der Waals surface area contributed by atoms with E-state index < -0.39 is 34.5 Å². The van der Waals surface area contributed by atoms with Crippen LogP contribution >= 0.6 is 0 Å². The van der Waals surface area contributed by atoms with Crippen molar-refractivity contribution in [1.29, 1.82) is 0 Å². The molecule has 0 saturated heterocycles. The number of rotatable bonds is 6. The first-order valence-corrected chi connectivity index (χ1v) is 12.8. The fraction of sp³-hybridized carbons (Fsp3) is 0.250. The fourth-order valence-electron chi connectivity index (χ4n) is 4.89. The first-order chi connectivity index (χ1) is 17.3. The van der Waals surface area contributed by atoms with E-state index in [1.54, 1.807) is 16.8 Å². The molecule has 0 amide bonds. The number of para-hydroxylation sites is 2. The summed E-state index contributed by atoms with van der Waals surface area (Å²) < 4.78 is 34.6. The molecule has 36 heavy (non-hydrogen) atoms. The third-order valence-corrected chi connectivity index (χ3v) is 7.08. The van der Waals surface area contributed by atoms with Crippen molar-refractivity contribution in [2.45, 2.75) is 24.7 Å². The molecule has 0 bridgehead atoms. The summed E-state index contributed by atoms with van der Waals surface area (Å²) in [5.41, 5.74) is 3.57. The maximum Gasteiger partial charge on any atom is 0.333 e. The molecule has 5 N–H and O–H groups in total. The Labute approximate surface area is 205 Å². The minimum atomic E-state index is -4.15. The average molecular weight is 510 g/mol. The third-order valence-electron chi connectivity index (χ3n) is 6.62. The Morgan fingerprint density at radius 1 is 1.11 bits per heavy atom. The van der Waals surface area contributed by atoms with E-state index >= 15 is 0 Å². The van der Waals surface area contributed by atoms with Crippen LogP contribution in [0, 0.1) is 5.92 Å². The minimum Gasteiger partial charge on any atom is -0.455 e. The molecule has 1 aliphatic carbocycles. The zero-order valence-electron chi connectivity index (χ0n) is 18.9. The van der Waals surface area contributed by atoms with Gasteiger partial charge in [-0.2, -0.15) is 18.0 Å². The van der Waals surface area contributed by atoms with Crippen LogP contribution < -0.4 is 10.5 Å². The molecule has 6 rings (SSSR count). The van der Waals surface area contributed by atoms with Gasteiger partial charge in [0.2, 0.25) is 0 Å². The zero-order chi connectivity index (χ0) is 25.0. The van der Waals surface area contributed by atoms with Crippen molar-refractivity contribution in [3.05, 3.63) is 60.8 Å². The summed E-state index contributed by atoms with van der Waals surface area (Å²) in [6.07, 6.45) is -0.458. The van der Waals surface area contributed by atoms with Crippen molar-refractivity contribution in [2.75, 3.05) is 11.9 Å². The lowest BCUT2D eigenvalue weighted by atomic mass is 10.1. The SMILES string of the molecule is NS(=O)(=O)OCC1CC(Nc2ccnc3cc(-c4cccc5c4oc4ccccc45)nn23)C(O)C1O. The first-order valence-electron chi connectivity index (χ1n) is 11.3. The second kappa shape index (κ2) is 8.54. The van der Waals surface area contributed by atoms with Crippen LogP contribution in [0.1, 0.15) is 6.42 Å². The van der Waals surface area contributed by atoms with Gasteiger partial charge in [0.05, 0.1) is 24.4 Å². The predicted molar refractivity (Wildman–Crippen MR) is 132 cm³/mol. The number of anilines is 1. The Balaban J connectivity index is 1.33. The maximum absolute atomic E-state index is 11.1. The minimum absolute atomic E-state index is 0.258. The van der Waals surface area contributed by atoms with Crippen LogP contribution in [0.15, 0.2) is 65.2 Å². The van der Waals surface area contributed by atoms with Gasteiger partial charge >= 0.3 is 10.3 Å². The van der Waals surface area contributed by atoms with Gasteiger partial charge in [-0.25, -0.2) is 10.1 Å². The topological polar surface area (TPSA) is 165 Å². The number of benzene rings is 2. The highest BCUT2D eigenvalue weighted by atomic mass is 32.2. The standard InChI is InChI=1S/C24H23N5O6S/c25-36(32,33)34-12-13-10-18(23(31)22(13)30)27-20-8-9-26-21-11-17(28-29(20)21)16-6-3-5-15-14-4-1-2-7-19(14)35-24(15)16/h1-9,11,13,18,22-23,27,30-31H,10,12H2,(H2,25,32,33). The van der Waals surface area contributed by atoms with E-state index in [-0.39, 0.29) is 13.0 Å². The van der Waals surface area contributed by atoms with Crippen molar-refractivity contribution in [3.8, 4) is 11.3 Å². The molecule has 1 saturated carbocycles. The Morgan fingerprint density at radius 2 is 1.92 bits per heavy atom. The van der Waals surface area contributed by atoms with Crippen molar-refractivity contribution in [1.82, 2.24) is 14.6 Å². The summed E-state index contributed by atoms with van der Waals surface area (Å²) in [5.74, 6) is -0.0701. The molecule has 4 unspecified atom stereocenters. The third kappa shape index (κ3) is 3.98. The molecule has 3 aromatic heterocycles. The number of fused-ring (bicyclic) bond motifs is 4. The molecule has 2 aromatic carbocycles. The number of hydrogen-bond acceptors (Lipinski definition) is 9. The molecule has 4 atom stereocenters. The highest BCUT2D eigenvalue weighted by molar-refractivity contribution is 7.84.